The topological polar surface area (TPSA) is 29.1 Å². The van der Waals surface area contributed by atoms with Crippen molar-refractivity contribution in [2.24, 2.45) is 0 Å². The second kappa shape index (κ2) is 7.79. The van der Waals surface area contributed by atoms with Gasteiger partial charge in [-0.1, -0.05) is 30.3 Å². The number of hydrogen-bond donors (Lipinski definition) is 1. The van der Waals surface area contributed by atoms with Crippen molar-refractivity contribution >= 4 is 23.4 Å². The molecule has 0 saturated heterocycles. The van der Waals surface area contributed by atoms with E-state index in [1.54, 1.807) is 30.3 Å². The van der Waals surface area contributed by atoms with E-state index in [2.05, 4.69) is 5.32 Å². The summed E-state index contributed by atoms with van der Waals surface area (Å²) in [6.07, 6.45) is -6.33. The van der Waals surface area contributed by atoms with E-state index in [4.69, 9.17) is 0 Å². The second-order valence-electron chi connectivity index (χ2n) is 5.43. The zero-order valence-corrected chi connectivity index (χ0v) is 14.2. The van der Waals surface area contributed by atoms with Crippen molar-refractivity contribution in [1.29, 1.82) is 0 Å². The molecule has 1 amide bonds. The molecular formula is C17H12F7NOS. The van der Waals surface area contributed by atoms with Crippen LogP contribution in [0.1, 0.15) is 5.56 Å². The quantitative estimate of drug-likeness (QED) is 0.485. The summed E-state index contributed by atoms with van der Waals surface area (Å²) in [5.74, 6) is -6.59. The first-order chi connectivity index (χ1) is 12.4. The number of amides is 1. The van der Waals surface area contributed by atoms with Crippen molar-refractivity contribution < 1.29 is 35.5 Å². The fourth-order valence-electron chi connectivity index (χ4n) is 1.97. The van der Waals surface area contributed by atoms with Crippen molar-refractivity contribution in [3.05, 3.63) is 60.2 Å². The maximum atomic E-state index is 13.4. The molecule has 1 N–H and O–H groups in total. The molecule has 10 heteroatoms. The minimum atomic E-state index is -6.38. The smallest absolute Gasteiger partial charge is 0.326 e. The molecule has 0 radical (unpaired) electrons. The van der Waals surface area contributed by atoms with Crippen LogP contribution in [0.25, 0.3) is 0 Å². The van der Waals surface area contributed by atoms with Gasteiger partial charge in [-0.25, -0.2) is 0 Å². The largest absolute Gasteiger partial charge is 0.460 e. The van der Waals surface area contributed by atoms with Gasteiger partial charge in [0.05, 0.1) is 6.42 Å². The number of halogens is 7. The number of carbonyl (C=O) groups is 1. The molecular weight excluding hydrogens is 399 g/mol. The lowest BCUT2D eigenvalue weighted by atomic mass is 10.1. The van der Waals surface area contributed by atoms with Crippen molar-refractivity contribution in [3.63, 3.8) is 0 Å². The minimum absolute atomic E-state index is 0.0488. The van der Waals surface area contributed by atoms with Gasteiger partial charge in [0, 0.05) is 10.6 Å². The van der Waals surface area contributed by atoms with Crippen LogP contribution in [0.5, 0.6) is 0 Å². The normalized spacial score (nSPS) is 12.7. The molecule has 2 aromatic carbocycles. The van der Waals surface area contributed by atoms with Crippen LogP contribution in [0.4, 0.5) is 36.4 Å². The Labute approximate surface area is 153 Å². The van der Waals surface area contributed by atoms with Crippen molar-refractivity contribution in [1.82, 2.24) is 0 Å². The van der Waals surface area contributed by atoms with E-state index < -0.39 is 39.9 Å². The Morgan fingerprint density at radius 2 is 1.41 bits per heavy atom. The number of hydrogen-bond acceptors (Lipinski definition) is 2. The first kappa shape index (κ1) is 21.1. The summed E-state index contributed by atoms with van der Waals surface area (Å²) in [5, 5.41) is -2.91. The molecule has 0 aliphatic heterocycles. The monoisotopic (exact) mass is 411 g/mol. The van der Waals surface area contributed by atoms with E-state index in [0.29, 0.717) is 0 Å². The summed E-state index contributed by atoms with van der Waals surface area (Å²) < 4.78 is 88.9. The van der Waals surface area contributed by atoms with Gasteiger partial charge in [-0.05, 0) is 41.6 Å². The number of carbonyl (C=O) groups excluding carboxylic acids is 1. The third-order valence-corrected chi connectivity index (χ3v) is 4.33. The molecule has 27 heavy (non-hydrogen) atoms. The zero-order chi connectivity index (χ0) is 20.3. The average Bonchev–Trinajstić information content (AvgIpc) is 2.56. The second-order valence-corrected chi connectivity index (χ2v) is 6.61. The van der Waals surface area contributed by atoms with Crippen LogP contribution < -0.4 is 5.32 Å². The fourth-order valence-corrected chi connectivity index (χ4v) is 2.78. The van der Waals surface area contributed by atoms with Gasteiger partial charge in [-0.15, -0.1) is 0 Å². The number of nitrogens with one attached hydrogen (secondary N) is 1. The van der Waals surface area contributed by atoms with Crippen LogP contribution in [0.2, 0.25) is 0 Å². The summed E-state index contributed by atoms with van der Waals surface area (Å²) in [4.78, 5) is 11.4. The summed E-state index contributed by atoms with van der Waals surface area (Å²) >= 11 is -0.906. The lowest BCUT2D eigenvalue weighted by molar-refractivity contribution is -0.330. The van der Waals surface area contributed by atoms with E-state index in [0.717, 1.165) is 29.8 Å². The maximum absolute atomic E-state index is 13.4. The first-order valence-corrected chi connectivity index (χ1v) is 8.19. The van der Waals surface area contributed by atoms with Gasteiger partial charge in [-0.2, -0.15) is 30.7 Å². The van der Waals surface area contributed by atoms with E-state index in [1.807, 2.05) is 0 Å². The molecule has 0 unspecified atom stereocenters. The van der Waals surface area contributed by atoms with Gasteiger partial charge in [0.15, 0.2) is 0 Å². The highest BCUT2D eigenvalue weighted by molar-refractivity contribution is 8.00. The summed E-state index contributed by atoms with van der Waals surface area (Å²) in [5.41, 5.74) is 0.919. The lowest BCUT2D eigenvalue weighted by Gasteiger charge is -2.27. The molecule has 146 valence electrons. The SMILES string of the molecule is O=C(Cc1ccccc1)Nc1ccc(SC(F)(F)C(F)(F)C(F)(F)F)cc1. The molecule has 2 aromatic rings. The molecule has 0 saturated carbocycles. The Balaban J connectivity index is 2.01. The molecule has 0 aromatic heterocycles. The third kappa shape index (κ3) is 5.15. The predicted molar refractivity (Wildman–Crippen MR) is 87.0 cm³/mol. The van der Waals surface area contributed by atoms with Crippen molar-refractivity contribution in [2.75, 3.05) is 5.32 Å². The predicted octanol–water partition coefficient (Wildman–Crippen LogP) is 5.75. The minimum Gasteiger partial charge on any atom is -0.326 e. The van der Waals surface area contributed by atoms with Crippen LogP contribution in [-0.4, -0.2) is 23.3 Å². The number of rotatable bonds is 6. The van der Waals surface area contributed by atoms with E-state index in [1.165, 1.54) is 0 Å². The van der Waals surface area contributed by atoms with Crippen LogP contribution >= 0.6 is 11.8 Å². The number of anilines is 1. The Bertz CT molecular complexity index is 776. The van der Waals surface area contributed by atoms with Crippen LogP contribution in [0, 0.1) is 0 Å². The van der Waals surface area contributed by atoms with Gasteiger partial charge in [0.1, 0.15) is 0 Å². The van der Waals surface area contributed by atoms with Crippen LogP contribution in [-0.2, 0) is 11.2 Å². The Morgan fingerprint density at radius 1 is 0.852 bits per heavy atom. The molecule has 0 fully saturated rings. The highest BCUT2D eigenvalue weighted by Gasteiger charge is 2.73. The molecule has 2 rings (SSSR count). The highest BCUT2D eigenvalue weighted by atomic mass is 32.2. The molecule has 0 spiro atoms. The number of thioether (sulfide) groups is 1. The van der Waals surface area contributed by atoms with Crippen molar-refractivity contribution in [2.45, 2.75) is 28.7 Å². The summed E-state index contributed by atoms with van der Waals surface area (Å²) in [7, 11) is 0. The van der Waals surface area contributed by atoms with Crippen LogP contribution in [0.3, 0.4) is 0 Å². The van der Waals surface area contributed by atoms with Gasteiger partial charge < -0.3 is 5.32 Å². The van der Waals surface area contributed by atoms with E-state index >= 15 is 0 Å². The molecule has 0 aliphatic carbocycles. The Hall–Kier alpha value is -2.23. The average molecular weight is 411 g/mol. The van der Waals surface area contributed by atoms with Gasteiger partial charge in [0.2, 0.25) is 5.91 Å². The molecule has 2 nitrogen and oxygen atoms in total. The Kier molecular flexibility index (Phi) is 6.08. The fraction of sp³-hybridized carbons (Fsp3) is 0.235. The van der Waals surface area contributed by atoms with Crippen molar-refractivity contribution in [3.8, 4) is 0 Å². The van der Waals surface area contributed by atoms with E-state index in [-0.39, 0.29) is 12.1 Å². The Morgan fingerprint density at radius 3 is 1.93 bits per heavy atom. The first-order valence-electron chi connectivity index (χ1n) is 7.37. The number of alkyl halides is 7. The molecule has 0 bridgehead atoms. The van der Waals surface area contributed by atoms with Gasteiger partial charge >= 0.3 is 17.4 Å². The summed E-state index contributed by atoms with van der Waals surface area (Å²) in [6, 6.07) is 12.8. The molecule has 0 aliphatic rings. The summed E-state index contributed by atoms with van der Waals surface area (Å²) in [6.45, 7) is 0. The zero-order valence-electron chi connectivity index (χ0n) is 13.4. The maximum Gasteiger partial charge on any atom is 0.460 e. The van der Waals surface area contributed by atoms with Gasteiger partial charge in [0.25, 0.3) is 0 Å². The number of benzene rings is 2. The lowest BCUT2D eigenvalue weighted by Crippen LogP contribution is -2.49. The standard InChI is InChI=1S/C17H12F7NOS/c18-15(19,16(20,21)22)17(23,24)27-13-8-6-12(7-9-13)25-14(26)10-11-4-2-1-3-5-11/h1-9H,10H2,(H,25,26). The highest BCUT2D eigenvalue weighted by Crippen LogP contribution is 2.53. The van der Waals surface area contributed by atoms with Gasteiger partial charge in [-0.3, -0.25) is 4.79 Å². The van der Waals surface area contributed by atoms with Crippen LogP contribution in [0.15, 0.2) is 59.5 Å². The third-order valence-electron chi connectivity index (χ3n) is 3.31. The molecule has 0 atom stereocenters. The van der Waals surface area contributed by atoms with E-state index in [9.17, 15) is 35.5 Å². The molecule has 0 heterocycles.